The Balaban J connectivity index is 1.08. The Hall–Kier alpha value is -5.86. The number of aryl methyl sites for hydroxylation is 2. The molecule has 7 aromatic carbocycles. The molecule has 0 bridgehead atoms. The van der Waals surface area contributed by atoms with Crippen LogP contribution in [0.25, 0.3) is 89.5 Å². The van der Waals surface area contributed by atoms with Crippen LogP contribution < -0.4 is 0 Å². The second-order valence-corrected chi connectivity index (χ2v) is 16.3. The van der Waals surface area contributed by atoms with Crippen LogP contribution >= 0.6 is 0 Å². The first kappa shape index (κ1) is 37.7. The van der Waals surface area contributed by atoms with Gasteiger partial charge < -0.3 is 9.13 Å². The molecule has 0 aliphatic rings. The van der Waals surface area contributed by atoms with Gasteiger partial charge in [0, 0.05) is 56.7 Å². The number of aromatic nitrogens is 2. The molecule has 9 aromatic rings. The van der Waals surface area contributed by atoms with Gasteiger partial charge in [0.05, 0.1) is 0 Å². The van der Waals surface area contributed by atoms with Gasteiger partial charge in [0.1, 0.15) is 0 Å². The molecule has 0 saturated carbocycles. The number of para-hydroxylation sites is 2. The highest BCUT2D eigenvalue weighted by Gasteiger charge is 2.14. The Bertz CT molecular complexity index is 2670. The lowest BCUT2D eigenvalue weighted by Crippen LogP contribution is -1.98. The van der Waals surface area contributed by atoms with E-state index in [4.69, 9.17) is 0 Å². The number of hydrogen-bond donors (Lipinski definition) is 0. The Morgan fingerprint density at radius 1 is 0.328 bits per heavy atom. The van der Waals surface area contributed by atoms with E-state index in [0.29, 0.717) is 0 Å². The SMILES string of the molecule is CCCCCCCn1c2ccccc2c2ccc(/C=C/c3c4ccccc4c(/C=C/c4ccc5c6ccccc6n(CCCCCCC)c5c4)c4ccccc34)cc21. The first-order chi connectivity index (χ1) is 28.7. The third-order valence-electron chi connectivity index (χ3n) is 12.5. The molecule has 0 spiro atoms. The Kier molecular flexibility index (Phi) is 11.3. The van der Waals surface area contributed by atoms with E-state index in [1.54, 1.807) is 0 Å². The average molecular weight is 757 g/mol. The van der Waals surface area contributed by atoms with Crippen molar-refractivity contribution in [2.24, 2.45) is 0 Å². The van der Waals surface area contributed by atoms with E-state index in [-0.39, 0.29) is 0 Å². The third-order valence-corrected chi connectivity index (χ3v) is 12.5. The Labute approximate surface area is 344 Å². The van der Waals surface area contributed by atoms with Gasteiger partial charge in [-0.05, 0) is 80.9 Å². The minimum absolute atomic E-state index is 1.06. The third kappa shape index (κ3) is 7.37. The van der Waals surface area contributed by atoms with Crippen molar-refractivity contribution in [3.05, 3.63) is 156 Å². The first-order valence-corrected chi connectivity index (χ1v) is 22.0. The summed E-state index contributed by atoms with van der Waals surface area (Å²) in [5.41, 5.74) is 10.3. The minimum atomic E-state index is 1.06. The molecule has 0 aliphatic heterocycles. The van der Waals surface area contributed by atoms with Crippen molar-refractivity contribution in [1.29, 1.82) is 0 Å². The van der Waals surface area contributed by atoms with Crippen LogP contribution in [0.5, 0.6) is 0 Å². The Morgan fingerprint density at radius 3 is 1.07 bits per heavy atom. The lowest BCUT2D eigenvalue weighted by molar-refractivity contribution is 0.584. The molecule has 0 atom stereocenters. The van der Waals surface area contributed by atoms with E-state index in [0.717, 1.165) is 13.1 Å². The average Bonchev–Trinajstić information content (AvgIpc) is 3.75. The standard InChI is InChI=1S/C56H56N2/c1-3-5-7-9-19-37-57-53-27-17-15-25-49(53)51-35-31-41(39-55(51)57)29-33-47-43-21-11-13-23-45(43)48(46-24-14-12-22-44(46)47)34-30-42-32-36-52-50-26-16-18-28-54(50)58(56(52)40-42)38-20-10-8-6-4-2/h11-18,21-36,39-40H,3-10,19-20,37-38H2,1-2H3/b33-29+,34-30+. The first-order valence-electron chi connectivity index (χ1n) is 22.0. The summed E-state index contributed by atoms with van der Waals surface area (Å²) >= 11 is 0. The topological polar surface area (TPSA) is 9.86 Å². The molecule has 2 heterocycles. The molecule has 0 amide bonds. The van der Waals surface area contributed by atoms with E-state index in [1.165, 1.54) is 152 Å². The molecule has 0 aliphatic carbocycles. The van der Waals surface area contributed by atoms with E-state index in [2.05, 4.69) is 181 Å². The van der Waals surface area contributed by atoms with Gasteiger partial charge in [0.2, 0.25) is 0 Å². The van der Waals surface area contributed by atoms with Crippen molar-refractivity contribution in [3.63, 3.8) is 0 Å². The summed E-state index contributed by atoms with van der Waals surface area (Å²) in [4.78, 5) is 0. The van der Waals surface area contributed by atoms with Gasteiger partial charge in [0.15, 0.2) is 0 Å². The highest BCUT2D eigenvalue weighted by atomic mass is 15.0. The highest BCUT2D eigenvalue weighted by molar-refractivity contribution is 6.15. The van der Waals surface area contributed by atoms with Gasteiger partial charge >= 0.3 is 0 Å². The molecular weight excluding hydrogens is 701 g/mol. The van der Waals surface area contributed by atoms with Crippen LogP contribution in [0.15, 0.2) is 133 Å². The number of benzene rings is 7. The number of fused-ring (bicyclic) bond motifs is 8. The zero-order valence-electron chi connectivity index (χ0n) is 34.4. The van der Waals surface area contributed by atoms with Crippen LogP contribution in [0.1, 0.15) is 100 Å². The summed E-state index contributed by atoms with van der Waals surface area (Å²) in [5.74, 6) is 0. The van der Waals surface area contributed by atoms with Gasteiger partial charge in [-0.25, -0.2) is 0 Å². The van der Waals surface area contributed by atoms with Crippen molar-refractivity contribution in [2.45, 2.75) is 91.1 Å². The highest BCUT2D eigenvalue weighted by Crippen LogP contribution is 2.37. The largest absolute Gasteiger partial charge is 0.340 e. The lowest BCUT2D eigenvalue weighted by atomic mass is 9.90. The number of hydrogen-bond acceptors (Lipinski definition) is 0. The maximum atomic E-state index is 2.56. The van der Waals surface area contributed by atoms with E-state index >= 15 is 0 Å². The van der Waals surface area contributed by atoms with Crippen molar-refractivity contribution in [3.8, 4) is 0 Å². The molecule has 290 valence electrons. The van der Waals surface area contributed by atoms with E-state index < -0.39 is 0 Å². The monoisotopic (exact) mass is 756 g/mol. The zero-order chi connectivity index (χ0) is 39.3. The van der Waals surface area contributed by atoms with E-state index in [9.17, 15) is 0 Å². The second kappa shape index (κ2) is 17.3. The van der Waals surface area contributed by atoms with Crippen LogP contribution in [0, 0.1) is 0 Å². The summed E-state index contributed by atoms with van der Waals surface area (Å²) in [6.45, 7) is 6.69. The quantitative estimate of drug-likeness (QED) is 0.0528. The number of rotatable bonds is 16. The molecule has 0 N–H and O–H groups in total. The molecule has 2 aromatic heterocycles. The van der Waals surface area contributed by atoms with Crippen LogP contribution in [0.2, 0.25) is 0 Å². The molecule has 0 saturated heterocycles. The summed E-state index contributed by atoms with van der Waals surface area (Å²) in [6.07, 6.45) is 22.2. The predicted octanol–water partition coefficient (Wildman–Crippen LogP) is 16.5. The van der Waals surface area contributed by atoms with Gasteiger partial charge in [-0.1, -0.05) is 199 Å². The van der Waals surface area contributed by atoms with Crippen molar-refractivity contribution < 1.29 is 0 Å². The molecule has 0 radical (unpaired) electrons. The fourth-order valence-electron chi connectivity index (χ4n) is 9.48. The summed E-state index contributed by atoms with van der Waals surface area (Å²) < 4.78 is 5.12. The van der Waals surface area contributed by atoms with Crippen LogP contribution in [0.3, 0.4) is 0 Å². The van der Waals surface area contributed by atoms with Crippen molar-refractivity contribution in [2.75, 3.05) is 0 Å². The van der Waals surface area contributed by atoms with Crippen molar-refractivity contribution in [1.82, 2.24) is 9.13 Å². The molecule has 58 heavy (non-hydrogen) atoms. The summed E-state index contributed by atoms with van der Waals surface area (Å²) in [5, 5.41) is 10.5. The molecule has 0 fully saturated rings. The number of unbranched alkanes of at least 4 members (excludes halogenated alkanes) is 8. The fourth-order valence-corrected chi connectivity index (χ4v) is 9.48. The molecule has 2 nitrogen and oxygen atoms in total. The smallest absolute Gasteiger partial charge is 0.0497 e. The van der Waals surface area contributed by atoms with Gasteiger partial charge in [-0.15, -0.1) is 0 Å². The maximum Gasteiger partial charge on any atom is 0.0497 e. The van der Waals surface area contributed by atoms with Gasteiger partial charge in [0.25, 0.3) is 0 Å². The van der Waals surface area contributed by atoms with Gasteiger partial charge in [-0.2, -0.15) is 0 Å². The predicted molar refractivity (Wildman–Crippen MR) is 256 cm³/mol. The molecule has 2 heteroatoms. The van der Waals surface area contributed by atoms with Crippen LogP contribution in [0.4, 0.5) is 0 Å². The normalized spacial score (nSPS) is 12.3. The molecule has 0 unspecified atom stereocenters. The van der Waals surface area contributed by atoms with Crippen LogP contribution in [-0.4, -0.2) is 9.13 Å². The number of nitrogens with zero attached hydrogens (tertiary/aromatic N) is 2. The summed E-state index contributed by atoms with van der Waals surface area (Å²) in [6, 6.07) is 49.8. The van der Waals surface area contributed by atoms with Gasteiger partial charge in [-0.3, -0.25) is 0 Å². The van der Waals surface area contributed by atoms with Crippen molar-refractivity contribution >= 4 is 89.5 Å². The molecular formula is C56H56N2. The lowest BCUT2D eigenvalue weighted by Gasteiger charge is -2.13. The maximum absolute atomic E-state index is 2.56. The van der Waals surface area contributed by atoms with E-state index in [1.807, 2.05) is 0 Å². The van der Waals surface area contributed by atoms with Crippen LogP contribution in [-0.2, 0) is 13.1 Å². The minimum Gasteiger partial charge on any atom is -0.340 e. The molecule has 9 rings (SSSR count). The Morgan fingerprint density at radius 2 is 0.672 bits per heavy atom. The zero-order valence-corrected chi connectivity index (χ0v) is 34.4. The second-order valence-electron chi connectivity index (χ2n) is 16.3. The summed E-state index contributed by atoms with van der Waals surface area (Å²) in [7, 11) is 0. The fraction of sp³-hybridized carbons (Fsp3) is 0.250.